The van der Waals surface area contributed by atoms with Crippen molar-refractivity contribution in [2.45, 2.75) is 31.8 Å². The monoisotopic (exact) mass is 288 g/mol. The van der Waals surface area contributed by atoms with E-state index in [1.54, 1.807) is 4.90 Å². The molecule has 2 heterocycles. The molecule has 5 heteroatoms. The second-order valence-electron chi connectivity index (χ2n) is 5.91. The number of rotatable bonds is 3. The van der Waals surface area contributed by atoms with E-state index in [-0.39, 0.29) is 5.91 Å². The van der Waals surface area contributed by atoms with Gasteiger partial charge in [0.2, 0.25) is 5.91 Å². The van der Waals surface area contributed by atoms with Crippen molar-refractivity contribution in [3.05, 3.63) is 35.4 Å². The number of carbonyl (C=O) groups excluding carboxylic acids is 1. The highest BCUT2D eigenvalue weighted by atomic mass is 16.4. The van der Waals surface area contributed by atoms with E-state index < -0.39 is 12.0 Å². The molecule has 112 valence electrons. The van der Waals surface area contributed by atoms with Crippen molar-refractivity contribution < 1.29 is 14.7 Å². The van der Waals surface area contributed by atoms with Crippen molar-refractivity contribution in [3.63, 3.8) is 0 Å². The second kappa shape index (κ2) is 5.85. The van der Waals surface area contributed by atoms with Crippen LogP contribution in [0.4, 0.5) is 0 Å². The van der Waals surface area contributed by atoms with Gasteiger partial charge in [-0.05, 0) is 36.6 Å². The summed E-state index contributed by atoms with van der Waals surface area (Å²) in [5, 5.41) is 12.7. The number of fused-ring (bicyclic) bond motifs is 1. The zero-order valence-corrected chi connectivity index (χ0v) is 11.9. The predicted molar refractivity (Wildman–Crippen MR) is 77.7 cm³/mol. The zero-order chi connectivity index (χ0) is 14.8. The third-order valence-corrected chi connectivity index (χ3v) is 4.48. The van der Waals surface area contributed by atoms with Gasteiger partial charge in [0.05, 0.1) is 0 Å². The average Bonchev–Trinajstić information content (AvgIpc) is 2.98. The van der Waals surface area contributed by atoms with Gasteiger partial charge in [0.1, 0.15) is 6.04 Å². The van der Waals surface area contributed by atoms with Gasteiger partial charge in [-0.1, -0.05) is 24.3 Å². The first-order chi connectivity index (χ1) is 10.1. The molecule has 0 radical (unpaired) electrons. The first-order valence-corrected chi connectivity index (χ1v) is 7.45. The molecule has 2 N–H and O–H groups in total. The molecule has 3 rings (SSSR count). The summed E-state index contributed by atoms with van der Waals surface area (Å²) in [5.74, 6) is -0.614. The molecule has 1 aromatic rings. The molecule has 1 aromatic carbocycles. The standard InChI is InChI=1S/C16H20N2O3/c19-15(7-11-5-6-17-9-11)18-10-13-4-2-1-3-12(13)8-14(18)16(20)21/h1-4,11,14,17H,5-10H2,(H,20,21)/t11?,14-/m1/s1. The van der Waals surface area contributed by atoms with E-state index in [1.165, 1.54) is 0 Å². The number of benzene rings is 1. The molecule has 1 fully saturated rings. The van der Waals surface area contributed by atoms with Gasteiger partial charge in [0, 0.05) is 19.4 Å². The third kappa shape index (κ3) is 2.93. The Bertz CT molecular complexity index is 552. The van der Waals surface area contributed by atoms with Crippen LogP contribution in [-0.2, 0) is 22.6 Å². The minimum Gasteiger partial charge on any atom is -0.480 e. The molecule has 0 spiro atoms. The van der Waals surface area contributed by atoms with Gasteiger partial charge >= 0.3 is 5.97 Å². The normalized spacial score (nSPS) is 24.7. The summed E-state index contributed by atoms with van der Waals surface area (Å²) in [7, 11) is 0. The number of nitrogens with one attached hydrogen (secondary N) is 1. The van der Waals surface area contributed by atoms with Crippen molar-refractivity contribution in [2.75, 3.05) is 13.1 Å². The lowest BCUT2D eigenvalue weighted by molar-refractivity contribution is -0.151. The maximum atomic E-state index is 12.5. The summed E-state index contributed by atoms with van der Waals surface area (Å²) in [6.45, 7) is 2.21. The topological polar surface area (TPSA) is 69.6 Å². The molecule has 21 heavy (non-hydrogen) atoms. The summed E-state index contributed by atoms with van der Waals surface area (Å²) < 4.78 is 0. The molecule has 0 saturated carbocycles. The Morgan fingerprint density at radius 1 is 1.29 bits per heavy atom. The number of aliphatic carboxylic acids is 1. The van der Waals surface area contributed by atoms with Gasteiger partial charge in [-0.2, -0.15) is 0 Å². The van der Waals surface area contributed by atoms with Crippen LogP contribution in [0.25, 0.3) is 0 Å². The number of hydrogen-bond donors (Lipinski definition) is 2. The Morgan fingerprint density at radius 3 is 2.71 bits per heavy atom. The highest BCUT2D eigenvalue weighted by Crippen LogP contribution is 2.25. The van der Waals surface area contributed by atoms with Crippen LogP contribution in [0, 0.1) is 5.92 Å². The number of carbonyl (C=O) groups is 2. The number of nitrogens with zero attached hydrogens (tertiary/aromatic N) is 1. The minimum atomic E-state index is -0.914. The Balaban J connectivity index is 1.78. The Labute approximate surface area is 123 Å². The highest BCUT2D eigenvalue weighted by molar-refractivity contribution is 5.84. The van der Waals surface area contributed by atoms with Gasteiger partial charge in [-0.25, -0.2) is 4.79 Å². The van der Waals surface area contributed by atoms with Gasteiger partial charge in [-0.15, -0.1) is 0 Å². The van der Waals surface area contributed by atoms with E-state index >= 15 is 0 Å². The van der Waals surface area contributed by atoms with E-state index in [2.05, 4.69) is 5.32 Å². The molecule has 1 amide bonds. The van der Waals surface area contributed by atoms with Crippen molar-refractivity contribution in [1.29, 1.82) is 0 Å². The maximum Gasteiger partial charge on any atom is 0.326 e. The lowest BCUT2D eigenvalue weighted by atomic mass is 9.93. The Hall–Kier alpha value is -1.88. The predicted octanol–water partition coefficient (Wildman–Crippen LogP) is 1.02. The zero-order valence-electron chi connectivity index (χ0n) is 11.9. The van der Waals surface area contributed by atoms with Crippen molar-refractivity contribution in [3.8, 4) is 0 Å². The van der Waals surface area contributed by atoms with Crippen molar-refractivity contribution in [1.82, 2.24) is 10.2 Å². The van der Waals surface area contributed by atoms with Gasteiger partial charge in [0.15, 0.2) is 0 Å². The Morgan fingerprint density at radius 2 is 2.05 bits per heavy atom. The molecule has 2 aliphatic heterocycles. The van der Waals surface area contributed by atoms with E-state index in [4.69, 9.17) is 0 Å². The van der Waals surface area contributed by atoms with Crippen LogP contribution in [0.3, 0.4) is 0 Å². The number of carboxylic acids is 1. The van der Waals surface area contributed by atoms with E-state index in [0.717, 1.165) is 30.6 Å². The van der Waals surface area contributed by atoms with E-state index in [1.807, 2.05) is 24.3 Å². The summed E-state index contributed by atoms with van der Waals surface area (Å²) in [6.07, 6.45) is 1.84. The van der Waals surface area contributed by atoms with Crippen LogP contribution in [0.5, 0.6) is 0 Å². The van der Waals surface area contributed by atoms with Crippen LogP contribution in [0.15, 0.2) is 24.3 Å². The number of hydrogen-bond acceptors (Lipinski definition) is 3. The van der Waals surface area contributed by atoms with Gasteiger partial charge < -0.3 is 15.3 Å². The molecule has 1 unspecified atom stereocenters. The minimum absolute atomic E-state index is 0.0365. The van der Waals surface area contributed by atoms with E-state index in [0.29, 0.717) is 25.3 Å². The molecule has 0 aromatic heterocycles. The largest absolute Gasteiger partial charge is 0.480 e. The molecule has 0 aliphatic carbocycles. The highest BCUT2D eigenvalue weighted by Gasteiger charge is 2.35. The molecular formula is C16H20N2O3. The summed E-state index contributed by atoms with van der Waals surface area (Å²) in [6, 6.07) is 7.04. The fourth-order valence-corrected chi connectivity index (χ4v) is 3.26. The Kier molecular flexibility index (Phi) is 3.92. The third-order valence-electron chi connectivity index (χ3n) is 4.48. The van der Waals surface area contributed by atoms with Gasteiger partial charge in [0.25, 0.3) is 0 Å². The van der Waals surface area contributed by atoms with Gasteiger partial charge in [-0.3, -0.25) is 4.79 Å². The average molecular weight is 288 g/mol. The summed E-state index contributed by atoms with van der Waals surface area (Å²) in [5.41, 5.74) is 2.10. The summed E-state index contributed by atoms with van der Waals surface area (Å²) in [4.78, 5) is 25.6. The fourth-order valence-electron chi connectivity index (χ4n) is 3.26. The molecule has 2 atom stereocenters. The lowest BCUT2D eigenvalue weighted by Crippen LogP contribution is -2.49. The molecular weight excluding hydrogens is 268 g/mol. The van der Waals surface area contributed by atoms with Crippen molar-refractivity contribution >= 4 is 11.9 Å². The smallest absolute Gasteiger partial charge is 0.326 e. The second-order valence-corrected chi connectivity index (χ2v) is 5.91. The number of amides is 1. The van der Waals surface area contributed by atoms with Crippen LogP contribution in [0.1, 0.15) is 24.0 Å². The first kappa shape index (κ1) is 14.1. The summed E-state index contributed by atoms with van der Waals surface area (Å²) >= 11 is 0. The lowest BCUT2D eigenvalue weighted by Gasteiger charge is -2.35. The van der Waals surface area contributed by atoms with Crippen LogP contribution in [0.2, 0.25) is 0 Å². The SMILES string of the molecule is O=C(O)[C@H]1Cc2ccccc2CN1C(=O)CC1CCNC1. The van der Waals surface area contributed by atoms with Crippen LogP contribution in [-0.4, -0.2) is 41.0 Å². The van der Waals surface area contributed by atoms with E-state index in [9.17, 15) is 14.7 Å². The molecule has 5 nitrogen and oxygen atoms in total. The fraction of sp³-hybridized carbons (Fsp3) is 0.500. The number of carboxylic acid groups (broad SMARTS) is 1. The van der Waals surface area contributed by atoms with Crippen molar-refractivity contribution in [2.24, 2.45) is 5.92 Å². The maximum absolute atomic E-state index is 12.5. The first-order valence-electron chi connectivity index (χ1n) is 7.45. The molecule has 0 bridgehead atoms. The molecule has 2 aliphatic rings. The van der Waals surface area contributed by atoms with Crippen LogP contribution >= 0.6 is 0 Å². The molecule has 1 saturated heterocycles. The quantitative estimate of drug-likeness (QED) is 0.871. The van der Waals surface area contributed by atoms with Crippen LogP contribution < -0.4 is 5.32 Å².